The summed E-state index contributed by atoms with van der Waals surface area (Å²) in [5.41, 5.74) is 0.967. The summed E-state index contributed by atoms with van der Waals surface area (Å²) in [5, 5.41) is 12.7. The van der Waals surface area contributed by atoms with Gasteiger partial charge in [-0.15, -0.1) is 0 Å². The molecule has 1 aromatic rings. The monoisotopic (exact) mass is 338 g/mol. The molecule has 7 heteroatoms. The van der Waals surface area contributed by atoms with Gasteiger partial charge in [0.25, 0.3) is 5.91 Å². The van der Waals surface area contributed by atoms with Crippen molar-refractivity contribution in [3.63, 3.8) is 0 Å². The number of hydrogen-bond donors (Lipinski definition) is 3. The summed E-state index contributed by atoms with van der Waals surface area (Å²) in [6.07, 6.45) is -2.22. The first-order valence-corrected chi connectivity index (χ1v) is 7.66. The molecule has 0 aliphatic rings. The number of ether oxygens (including phenoxy) is 1. The Balaban J connectivity index is 2.60. The fourth-order valence-corrected chi connectivity index (χ4v) is 1.78. The van der Waals surface area contributed by atoms with Gasteiger partial charge in [0.1, 0.15) is 5.60 Å². The number of aliphatic hydroxyl groups is 1. The number of carbonyl (C=O) groups is 2. The molecular weight excluding hydrogens is 312 g/mol. The van der Waals surface area contributed by atoms with E-state index >= 15 is 0 Å². The van der Waals surface area contributed by atoms with Crippen molar-refractivity contribution < 1.29 is 24.3 Å². The number of rotatable bonds is 6. The summed E-state index contributed by atoms with van der Waals surface area (Å²) in [5.74, 6) is -0.748. The normalized spacial score (nSPS) is 13.1. The first-order valence-electron chi connectivity index (χ1n) is 7.66. The van der Waals surface area contributed by atoms with Crippen molar-refractivity contribution in [2.24, 2.45) is 0 Å². The average Bonchev–Trinajstić information content (AvgIpc) is 2.42. The van der Waals surface area contributed by atoms with Crippen LogP contribution >= 0.6 is 0 Å². The molecule has 1 atom stereocenters. The first-order chi connectivity index (χ1) is 11.0. The van der Waals surface area contributed by atoms with E-state index in [0.717, 1.165) is 5.56 Å². The molecule has 7 nitrogen and oxygen atoms in total. The highest BCUT2D eigenvalue weighted by molar-refractivity contribution is 5.83. The van der Waals surface area contributed by atoms with Crippen LogP contribution in [0.5, 0.6) is 0 Å². The summed E-state index contributed by atoms with van der Waals surface area (Å²) in [6.45, 7) is 8.22. The molecule has 0 unspecified atom stereocenters. The molecular formula is C17H26N2O5. The second kappa shape index (κ2) is 8.12. The predicted molar refractivity (Wildman–Crippen MR) is 88.8 cm³/mol. The molecule has 0 spiro atoms. The van der Waals surface area contributed by atoms with Crippen molar-refractivity contribution in [1.29, 1.82) is 0 Å². The molecule has 0 aliphatic carbocycles. The molecule has 2 amide bonds. The summed E-state index contributed by atoms with van der Waals surface area (Å²) < 4.78 is 5.06. The van der Waals surface area contributed by atoms with E-state index in [1.165, 1.54) is 13.8 Å². The van der Waals surface area contributed by atoms with Gasteiger partial charge in [0.2, 0.25) is 6.10 Å². The average molecular weight is 338 g/mol. The van der Waals surface area contributed by atoms with Gasteiger partial charge in [-0.2, -0.15) is 0 Å². The molecule has 0 heterocycles. The fraction of sp³-hybridized carbons (Fsp3) is 0.529. The molecule has 134 valence electrons. The molecule has 0 aliphatic heterocycles. The zero-order valence-electron chi connectivity index (χ0n) is 14.8. The number of nitrogens with one attached hydrogen (secondary N) is 2. The molecule has 0 fully saturated rings. The van der Waals surface area contributed by atoms with Crippen LogP contribution in [0.4, 0.5) is 4.79 Å². The lowest BCUT2D eigenvalue weighted by molar-refractivity contribution is -0.155. The van der Waals surface area contributed by atoms with Crippen molar-refractivity contribution in [1.82, 2.24) is 10.8 Å². The first kappa shape index (κ1) is 19.9. The minimum atomic E-state index is -1.57. The van der Waals surface area contributed by atoms with Gasteiger partial charge in [0.15, 0.2) is 0 Å². The Morgan fingerprint density at radius 1 is 1.12 bits per heavy atom. The van der Waals surface area contributed by atoms with Crippen LogP contribution in [0.25, 0.3) is 0 Å². The Morgan fingerprint density at radius 3 is 2.21 bits per heavy atom. The molecule has 0 radical (unpaired) electrons. The lowest BCUT2D eigenvalue weighted by Gasteiger charge is -2.29. The van der Waals surface area contributed by atoms with Gasteiger partial charge in [-0.25, -0.2) is 10.3 Å². The van der Waals surface area contributed by atoms with E-state index in [2.05, 4.69) is 10.8 Å². The number of amides is 2. The van der Waals surface area contributed by atoms with Crippen molar-refractivity contribution in [2.75, 3.05) is 0 Å². The van der Waals surface area contributed by atoms with Crippen LogP contribution in [0.2, 0.25) is 0 Å². The highest BCUT2D eigenvalue weighted by Crippen LogP contribution is 2.14. The van der Waals surface area contributed by atoms with Gasteiger partial charge in [0.05, 0.1) is 6.61 Å². The van der Waals surface area contributed by atoms with Gasteiger partial charge >= 0.3 is 6.09 Å². The van der Waals surface area contributed by atoms with Crippen molar-refractivity contribution in [3.8, 4) is 0 Å². The van der Waals surface area contributed by atoms with Crippen LogP contribution in [0.15, 0.2) is 30.3 Å². The highest BCUT2D eigenvalue weighted by Gasteiger charge is 2.38. The minimum Gasteiger partial charge on any atom is -0.433 e. The maximum atomic E-state index is 12.2. The van der Waals surface area contributed by atoms with Crippen LogP contribution in [0.3, 0.4) is 0 Å². The summed E-state index contributed by atoms with van der Waals surface area (Å²) in [6, 6.07) is 9.24. The number of hydroxylamine groups is 1. The maximum Gasteiger partial charge on any atom is 0.408 e. The zero-order chi connectivity index (χ0) is 18.4. The number of carbonyl (C=O) groups excluding carboxylic acids is 2. The van der Waals surface area contributed by atoms with Gasteiger partial charge in [0, 0.05) is 5.54 Å². The van der Waals surface area contributed by atoms with Crippen LogP contribution in [0.1, 0.15) is 40.2 Å². The third-order valence-corrected chi connectivity index (χ3v) is 2.84. The van der Waals surface area contributed by atoms with E-state index in [1.54, 1.807) is 20.8 Å². The Labute approximate surface area is 142 Å². The molecule has 0 saturated heterocycles. The van der Waals surface area contributed by atoms with E-state index in [0.29, 0.717) is 0 Å². The Bertz CT molecular complexity index is 546. The van der Waals surface area contributed by atoms with Crippen LogP contribution in [-0.4, -0.2) is 34.4 Å². The standard InChI is InChI=1S/C17H26N2O5/c1-16(2,3)18-15(21)24-13(17(4,5)22)14(20)19-23-11-12-9-7-6-8-10-12/h6-10,13,22H,11H2,1-5H3,(H,18,21)(H,19,20)/t13-/m1/s1. The largest absolute Gasteiger partial charge is 0.433 e. The van der Waals surface area contributed by atoms with Gasteiger partial charge in [-0.1, -0.05) is 30.3 Å². The fourth-order valence-electron chi connectivity index (χ4n) is 1.78. The topological polar surface area (TPSA) is 96.9 Å². The molecule has 24 heavy (non-hydrogen) atoms. The number of benzene rings is 1. The summed E-state index contributed by atoms with van der Waals surface area (Å²) in [4.78, 5) is 29.1. The maximum absolute atomic E-state index is 12.2. The second-order valence-corrected chi connectivity index (χ2v) is 7.05. The van der Waals surface area contributed by atoms with E-state index < -0.39 is 29.2 Å². The Morgan fingerprint density at radius 2 is 1.71 bits per heavy atom. The third kappa shape index (κ3) is 7.43. The molecule has 0 aromatic heterocycles. The second-order valence-electron chi connectivity index (χ2n) is 7.05. The molecule has 3 N–H and O–H groups in total. The quantitative estimate of drug-likeness (QED) is 0.688. The lowest BCUT2D eigenvalue weighted by Crippen LogP contribution is -2.53. The number of hydrogen-bond acceptors (Lipinski definition) is 5. The zero-order valence-corrected chi connectivity index (χ0v) is 14.8. The Kier molecular flexibility index (Phi) is 6.74. The van der Waals surface area contributed by atoms with Crippen LogP contribution < -0.4 is 10.8 Å². The predicted octanol–water partition coefficient (Wildman–Crippen LogP) is 1.90. The van der Waals surface area contributed by atoms with Crippen LogP contribution in [0, 0.1) is 0 Å². The summed E-state index contributed by atoms with van der Waals surface area (Å²) in [7, 11) is 0. The van der Waals surface area contributed by atoms with E-state index in [4.69, 9.17) is 9.57 Å². The SMILES string of the molecule is CC(C)(C)NC(=O)O[C@H](C(=O)NOCc1ccccc1)C(C)(C)O. The van der Waals surface area contributed by atoms with Crippen molar-refractivity contribution >= 4 is 12.0 Å². The van der Waals surface area contributed by atoms with E-state index in [-0.39, 0.29) is 6.61 Å². The molecule has 0 saturated carbocycles. The number of alkyl carbamates (subject to hydrolysis) is 1. The molecule has 1 rings (SSSR count). The summed E-state index contributed by atoms with van der Waals surface area (Å²) >= 11 is 0. The molecule has 1 aromatic carbocycles. The smallest absolute Gasteiger partial charge is 0.408 e. The van der Waals surface area contributed by atoms with Gasteiger partial charge < -0.3 is 15.2 Å². The lowest BCUT2D eigenvalue weighted by atomic mass is 10.0. The Hall–Kier alpha value is -2.12. The van der Waals surface area contributed by atoms with Gasteiger partial charge in [-0.05, 0) is 40.2 Å². The third-order valence-electron chi connectivity index (χ3n) is 2.84. The highest BCUT2D eigenvalue weighted by atomic mass is 16.7. The van der Waals surface area contributed by atoms with E-state index in [1.807, 2.05) is 30.3 Å². The van der Waals surface area contributed by atoms with Gasteiger partial charge in [-0.3, -0.25) is 9.63 Å². The van der Waals surface area contributed by atoms with E-state index in [9.17, 15) is 14.7 Å². The van der Waals surface area contributed by atoms with Crippen molar-refractivity contribution in [2.45, 2.75) is 58.5 Å². The van der Waals surface area contributed by atoms with Crippen LogP contribution in [-0.2, 0) is 21.0 Å². The van der Waals surface area contributed by atoms with Crippen molar-refractivity contribution in [3.05, 3.63) is 35.9 Å². The molecule has 0 bridgehead atoms. The minimum absolute atomic E-state index is 0.152.